The van der Waals surface area contributed by atoms with Gasteiger partial charge in [-0.2, -0.15) is 0 Å². The number of nitro groups is 1. The van der Waals surface area contributed by atoms with Crippen molar-refractivity contribution in [1.29, 1.82) is 0 Å². The van der Waals surface area contributed by atoms with Crippen LogP contribution >= 0.6 is 11.8 Å². The average molecular weight is 255 g/mol. The molecule has 2 N–H and O–H groups in total. The number of nitrogens with two attached hydrogens (primary N) is 1. The highest BCUT2D eigenvalue weighted by molar-refractivity contribution is 7.99. The molecule has 0 saturated carbocycles. The van der Waals surface area contributed by atoms with Crippen LogP contribution in [0.25, 0.3) is 0 Å². The molecule has 1 aromatic heterocycles. The summed E-state index contributed by atoms with van der Waals surface area (Å²) < 4.78 is 5.48. The Balaban J connectivity index is 1.97. The van der Waals surface area contributed by atoms with E-state index < -0.39 is 4.92 Å². The second kappa shape index (κ2) is 5.33. The van der Waals surface area contributed by atoms with Crippen LogP contribution in [0.5, 0.6) is 0 Å². The minimum absolute atomic E-state index is 0.0349. The van der Waals surface area contributed by atoms with Crippen molar-refractivity contribution in [1.82, 2.24) is 4.98 Å². The van der Waals surface area contributed by atoms with Gasteiger partial charge < -0.3 is 10.5 Å². The van der Waals surface area contributed by atoms with E-state index in [4.69, 9.17) is 10.5 Å². The first-order chi connectivity index (χ1) is 8.16. The lowest BCUT2D eigenvalue weighted by Crippen LogP contribution is -2.08. The van der Waals surface area contributed by atoms with Crippen LogP contribution in [0.2, 0.25) is 0 Å². The Kier molecular flexibility index (Phi) is 3.80. The zero-order valence-electron chi connectivity index (χ0n) is 9.17. The summed E-state index contributed by atoms with van der Waals surface area (Å²) in [7, 11) is 0. The van der Waals surface area contributed by atoms with Gasteiger partial charge in [0.05, 0.1) is 16.1 Å². The van der Waals surface area contributed by atoms with Gasteiger partial charge in [0, 0.05) is 18.4 Å². The zero-order chi connectivity index (χ0) is 12.3. The quantitative estimate of drug-likeness (QED) is 0.501. The number of nitrogens with zero attached hydrogens (tertiary/aromatic N) is 2. The van der Waals surface area contributed by atoms with Crippen LogP contribution in [-0.4, -0.2) is 28.4 Å². The van der Waals surface area contributed by atoms with E-state index in [1.165, 1.54) is 17.8 Å². The maximum absolute atomic E-state index is 10.6. The van der Waals surface area contributed by atoms with E-state index in [1.807, 2.05) is 0 Å². The highest BCUT2D eigenvalue weighted by Gasteiger charge is 2.17. The standard InChI is InChI=1S/C10H13N3O3S/c11-10-8(13(14)15)3-4-9(12-10)17-6-7-2-1-5-16-7/h3-4,7H,1-2,5-6H2,(H2,11,12). The molecule has 1 aliphatic rings. The molecule has 92 valence electrons. The van der Waals surface area contributed by atoms with Crippen molar-refractivity contribution in [2.75, 3.05) is 18.1 Å². The van der Waals surface area contributed by atoms with Crippen molar-refractivity contribution in [3.05, 3.63) is 22.2 Å². The Morgan fingerprint density at radius 2 is 2.47 bits per heavy atom. The van der Waals surface area contributed by atoms with Gasteiger partial charge in [0.2, 0.25) is 5.82 Å². The summed E-state index contributed by atoms with van der Waals surface area (Å²) >= 11 is 1.51. The van der Waals surface area contributed by atoms with Crippen molar-refractivity contribution in [2.24, 2.45) is 0 Å². The van der Waals surface area contributed by atoms with Crippen LogP contribution in [0.3, 0.4) is 0 Å². The van der Waals surface area contributed by atoms with Crippen molar-refractivity contribution < 1.29 is 9.66 Å². The van der Waals surface area contributed by atoms with E-state index in [1.54, 1.807) is 6.07 Å². The number of hydrogen-bond donors (Lipinski definition) is 1. The lowest BCUT2D eigenvalue weighted by atomic mass is 10.3. The van der Waals surface area contributed by atoms with Gasteiger partial charge >= 0.3 is 5.69 Å². The average Bonchev–Trinajstić information content (AvgIpc) is 2.78. The van der Waals surface area contributed by atoms with Crippen LogP contribution in [0.15, 0.2) is 17.2 Å². The van der Waals surface area contributed by atoms with E-state index >= 15 is 0 Å². The molecule has 0 bridgehead atoms. The normalized spacial score (nSPS) is 19.4. The van der Waals surface area contributed by atoms with E-state index in [0.717, 1.165) is 25.2 Å². The van der Waals surface area contributed by atoms with E-state index in [9.17, 15) is 10.1 Å². The summed E-state index contributed by atoms with van der Waals surface area (Å²) in [6.07, 6.45) is 2.43. The first-order valence-electron chi connectivity index (χ1n) is 5.32. The third-order valence-electron chi connectivity index (χ3n) is 2.51. The predicted molar refractivity (Wildman–Crippen MR) is 65.0 cm³/mol. The number of hydrogen-bond acceptors (Lipinski definition) is 6. The number of aromatic nitrogens is 1. The summed E-state index contributed by atoms with van der Waals surface area (Å²) in [5, 5.41) is 11.3. The van der Waals surface area contributed by atoms with Gasteiger partial charge in [-0.1, -0.05) is 0 Å². The van der Waals surface area contributed by atoms with Gasteiger partial charge in [-0.3, -0.25) is 10.1 Å². The molecule has 1 unspecified atom stereocenters. The topological polar surface area (TPSA) is 91.3 Å². The Labute approximate surface area is 103 Å². The Morgan fingerprint density at radius 3 is 3.06 bits per heavy atom. The second-order valence-electron chi connectivity index (χ2n) is 3.76. The highest BCUT2D eigenvalue weighted by atomic mass is 32.2. The summed E-state index contributed by atoms with van der Waals surface area (Å²) in [5.74, 6) is 0.775. The van der Waals surface area contributed by atoms with Crippen molar-refractivity contribution >= 4 is 23.3 Å². The molecule has 0 radical (unpaired) electrons. The molecule has 1 saturated heterocycles. The van der Waals surface area contributed by atoms with E-state index in [2.05, 4.69) is 4.98 Å². The maximum Gasteiger partial charge on any atom is 0.311 e. The minimum atomic E-state index is -0.531. The Hall–Kier alpha value is -1.34. The molecular weight excluding hydrogens is 242 g/mol. The summed E-state index contributed by atoms with van der Waals surface area (Å²) in [6, 6.07) is 3.01. The summed E-state index contributed by atoms with van der Waals surface area (Å²) in [4.78, 5) is 14.0. The third kappa shape index (κ3) is 3.07. The van der Waals surface area contributed by atoms with Crippen LogP contribution in [0.4, 0.5) is 11.5 Å². The first-order valence-corrected chi connectivity index (χ1v) is 6.30. The number of thioether (sulfide) groups is 1. The largest absolute Gasteiger partial charge is 0.378 e. The molecule has 0 amide bonds. The molecule has 1 fully saturated rings. The van der Waals surface area contributed by atoms with Crippen LogP contribution in [0.1, 0.15) is 12.8 Å². The van der Waals surface area contributed by atoms with Gasteiger partial charge in [0.1, 0.15) is 0 Å². The smallest absolute Gasteiger partial charge is 0.311 e. The van der Waals surface area contributed by atoms with Gasteiger partial charge in [-0.25, -0.2) is 4.98 Å². The predicted octanol–water partition coefficient (Wildman–Crippen LogP) is 1.84. The summed E-state index contributed by atoms with van der Waals surface area (Å²) in [5.41, 5.74) is 5.36. The molecule has 0 spiro atoms. The molecule has 7 heteroatoms. The SMILES string of the molecule is Nc1nc(SCC2CCCO2)ccc1[N+](=O)[O-]. The van der Waals surface area contributed by atoms with E-state index in [0.29, 0.717) is 5.03 Å². The lowest BCUT2D eigenvalue weighted by molar-refractivity contribution is -0.384. The molecule has 17 heavy (non-hydrogen) atoms. The second-order valence-corrected chi connectivity index (χ2v) is 4.80. The Morgan fingerprint density at radius 1 is 1.65 bits per heavy atom. The molecule has 1 atom stereocenters. The molecule has 2 heterocycles. The molecule has 1 aliphatic heterocycles. The molecule has 1 aromatic rings. The van der Waals surface area contributed by atoms with Crippen molar-refractivity contribution in [3.8, 4) is 0 Å². The maximum atomic E-state index is 10.6. The third-order valence-corrected chi connectivity index (χ3v) is 3.58. The molecular formula is C10H13N3O3S. The zero-order valence-corrected chi connectivity index (χ0v) is 9.98. The van der Waals surface area contributed by atoms with Gasteiger partial charge in [0.25, 0.3) is 0 Å². The van der Waals surface area contributed by atoms with E-state index in [-0.39, 0.29) is 17.6 Å². The van der Waals surface area contributed by atoms with Crippen LogP contribution < -0.4 is 5.73 Å². The van der Waals surface area contributed by atoms with Gasteiger partial charge in [0.15, 0.2) is 0 Å². The lowest BCUT2D eigenvalue weighted by Gasteiger charge is -2.08. The molecule has 6 nitrogen and oxygen atoms in total. The highest BCUT2D eigenvalue weighted by Crippen LogP contribution is 2.26. The van der Waals surface area contributed by atoms with Crippen molar-refractivity contribution in [3.63, 3.8) is 0 Å². The molecule has 0 aliphatic carbocycles. The monoisotopic (exact) mass is 255 g/mol. The van der Waals surface area contributed by atoms with Crippen LogP contribution in [0, 0.1) is 10.1 Å². The number of rotatable bonds is 4. The van der Waals surface area contributed by atoms with Crippen molar-refractivity contribution in [2.45, 2.75) is 24.0 Å². The number of anilines is 1. The molecule has 0 aromatic carbocycles. The Bertz CT molecular complexity index is 421. The van der Waals surface area contributed by atoms with Gasteiger partial charge in [-0.05, 0) is 18.9 Å². The van der Waals surface area contributed by atoms with Crippen LogP contribution in [-0.2, 0) is 4.74 Å². The number of ether oxygens (including phenoxy) is 1. The number of nitrogen functional groups attached to an aromatic ring is 1. The van der Waals surface area contributed by atoms with Gasteiger partial charge in [-0.15, -0.1) is 11.8 Å². The fourth-order valence-corrected chi connectivity index (χ4v) is 2.58. The minimum Gasteiger partial charge on any atom is -0.378 e. The first kappa shape index (κ1) is 12.1. The fourth-order valence-electron chi connectivity index (χ4n) is 1.64. The summed E-state index contributed by atoms with van der Waals surface area (Å²) in [6.45, 7) is 0.820. The molecule has 2 rings (SSSR count). The fraction of sp³-hybridized carbons (Fsp3) is 0.500. The number of pyridine rings is 1.